The average Bonchev–Trinajstić information content (AvgIpc) is 2.68. The molecule has 1 heterocycles. The van der Waals surface area contributed by atoms with Crippen LogP contribution in [0.3, 0.4) is 0 Å². The van der Waals surface area contributed by atoms with Crippen LogP contribution in [0.2, 0.25) is 0 Å². The number of carbonyl (C=O) groups is 2. The van der Waals surface area contributed by atoms with Crippen LogP contribution in [0.4, 0.5) is 11.4 Å². The summed E-state index contributed by atoms with van der Waals surface area (Å²) in [6, 6.07) is 18.3. The van der Waals surface area contributed by atoms with Crippen molar-refractivity contribution in [2.75, 3.05) is 10.6 Å². The molecule has 5 nitrogen and oxygen atoms in total. The summed E-state index contributed by atoms with van der Waals surface area (Å²) in [7, 11) is 0. The third-order valence-corrected chi connectivity index (χ3v) is 4.54. The number of aryl methyl sites for hydroxylation is 1. The van der Waals surface area contributed by atoms with Gasteiger partial charge in [0.05, 0.1) is 0 Å². The molecule has 0 radical (unpaired) electrons. The SMILES string of the molecule is Cc1cccc(NC(=O)c2cc(C(=O)Nc3ccc(C(C)(C)C)cc3)ccn2)c1. The van der Waals surface area contributed by atoms with Gasteiger partial charge in [-0.2, -0.15) is 0 Å². The van der Waals surface area contributed by atoms with Gasteiger partial charge in [0.15, 0.2) is 0 Å². The molecule has 148 valence electrons. The first-order chi connectivity index (χ1) is 13.7. The fourth-order valence-corrected chi connectivity index (χ4v) is 2.87. The van der Waals surface area contributed by atoms with E-state index in [1.165, 1.54) is 17.8 Å². The monoisotopic (exact) mass is 387 g/mol. The van der Waals surface area contributed by atoms with Gasteiger partial charge in [-0.25, -0.2) is 0 Å². The molecule has 2 aromatic carbocycles. The van der Waals surface area contributed by atoms with Crippen LogP contribution in [0.1, 0.15) is 52.7 Å². The molecule has 2 N–H and O–H groups in total. The Labute approximate surface area is 171 Å². The zero-order valence-corrected chi connectivity index (χ0v) is 17.1. The molecule has 3 aromatic rings. The maximum absolute atomic E-state index is 12.6. The van der Waals surface area contributed by atoms with Crippen molar-refractivity contribution < 1.29 is 9.59 Å². The second kappa shape index (κ2) is 8.27. The molecule has 3 rings (SSSR count). The maximum Gasteiger partial charge on any atom is 0.274 e. The molecule has 0 unspecified atom stereocenters. The van der Waals surface area contributed by atoms with E-state index < -0.39 is 0 Å². The van der Waals surface area contributed by atoms with E-state index in [9.17, 15) is 9.59 Å². The Bertz CT molecular complexity index is 1030. The van der Waals surface area contributed by atoms with Crippen molar-refractivity contribution in [3.63, 3.8) is 0 Å². The van der Waals surface area contributed by atoms with E-state index in [1.54, 1.807) is 6.07 Å². The summed E-state index contributed by atoms with van der Waals surface area (Å²) < 4.78 is 0. The number of amides is 2. The Morgan fingerprint density at radius 1 is 0.828 bits per heavy atom. The molecule has 0 bridgehead atoms. The smallest absolute Gasteiger partial charge is 0.274 e. The van der Waals surface area contributed by atoms with Crippen LogP contribution < -0.4 is 10.6 Å². The Kier molecular flexibility index (Phi) is 5.78. The first kappa shape index (κ1) is 20.3. The number of rotatable bonds is 4. The van der Waals surface area contributed by atoms with E-state index in [2.05, 4.69) is 36.4 Å². The molecule has 0 fully saturated rings. The topological polar surface area (TPSA) is 71.1 Å². The second-order valence-electron chi connectivity index (χ2n) is 8.03. The number of aromatic nitrogens is 1. The van der Waals surface area contributed by atoms with Crippen LogP contribution in [0.5, 0.6) is 0 Å². The number of anilines is 2. The highest BCUT2D eigenvalue weighted by Gasteiger charge is 2.15. The molecule has 0 saturated carbocycles. The highest BCUT2D eigenvalue weighted by Crippen LogP contribution is 2.23. The van der Waals surface area contributed by atoms with Crippen LogP contribution in [-0.2, 0) is 5.41 Å². The second-order valence-corrected chi connectivity index (χ2v) is 8.03. The Morgan fingerprint density at radius 3 is 2.17 bits per heavy atom. The Hall–Kier alpha value is -3.47. The quantitative estimate of drug-likeness (QED) is 0.647. The van der Waals surface area contributed by atoms with E-state index in [4.69, 9.17) is 0 Å². The minimum absolute atomic E-state index is 0.0488. The van der Waals surface area contributed by atoms with Gasteiger partial charge in [-0.3, -0.25) is 14.6 Å². The first-order valence-electron chi connectivity index (χ1n) is 9.48. The van der Waals surface area contributed by atoms with Crippen LogP contribution in [0.25, 0.3) is 0 Å². The summed E-state index contributed by atoms with van der Waals surface area (Å²) in [5.74, 6) is -0.653. The van der Waals surface area contributed by atoms with Gasteiger partial charge in [-0.15, -0.1) is 0 Å². The normalized spacial score (nSPS) is 11.0. The predicted octanol–water partition coefficient (Wildman–Crippen LogP) is 5.19. The molecular formula is C24H25N3O2. The molecule has 0 spiro atoms. The molecule has 29 heavy (non-hydrogen) atoms. The standard InChI is InChI=1S/C24H25N3O2/c1-16-6-5-7-20(14-16)27-23(29)21-15-17(12-13-25-21)22(28)26-19-10-8-18(9-11-19)24(2,3)4/h5-15H,1-4H3,(H,26,28)(H,27,29). The Balaban J connectivity index is 1.71. The number of hydrogen-bond donors (Lipinski definition) is 2. The first-order valence-corrected chi connectivity index (χ1v) is 9.48. The van der Waals surface area contributed by atoms with E-state index in [1.807, 2.05) is 55.5 Å². The molecule has 0 aliphatic rings. The molecule has 0 aliphatic heterocycles. The third kappa shape index (κ3) is 5.29. The fraction of sp³-hybridized carbons (Fsp3) is 0.208. The lowest BCUT2D eigenvalue weighted by molar-refractivity contribution is 0.102. The van der Waals surface area contributed by atoms with Gasteiger partial charge in [0.1, 0.15) is 5.69 Å². The number of benzene rings is 2. The van der Waals surface area contributed by atoms with E-state index >= 15 is 0 Å². The zero-order chi connectivity index (χ0) is 21.0. The minimum Gasteiger partial charge on any atom is -0.322 e. The summed E-state index contributed by atoms with van der Waals surface area (Å²) in [5, 5.41) is 5.66. The summed E-state index contributed by atoms with van der Waals surface area (Å²) in [6.45, 7) is 8.37. The maximum atomic E-state index is 12.6. The third-order valence-electron chi connectivity index (χ3n) is 4.54. The number of nitrogens with one attached hydrogen (secondary N) is 2. The van der Waals surface area contributed by atoms with Crippen molar-refractivity contribution in [3.8, 4) is 0 Å². The summed E-state index contributed by atoms with van der Waals surface area (Å²) in [4.78, 5) is 29.2. The van der Waals surface area contributed by atoms with Gasteiger partial charge >= 0.3 is 0 Å². The molecule has 2 amide bonds. The lowest BCUT2D eigenvalue weighted by Gasteiger charge is -2.19. The van der Waals surface area contributed by atoms with Crippen molar-refractivity contribution in [1.29, 1.82) is 0 Å². The van der Waals surface area contributed by atoms with E-state index in [0.29, 0.717) is 16.9 Å². The lowest BCUT2D eigenvalue weighted by atomic mass is 9.87. The van der Waals surface area contributed by atoms with Gasteiger partial charge in [0.2, 0.25) is 0 Å². The number of carbonyl (C=O) groups excluding carboxylic acids is 2. The minimum atomic E-state index is -0.361. The molecule has 5 heteroatoms. The van der Waals surface area contributed by atoms with Gasteiger partial charge in [-0.1, -0.05) is 45.0 Å². The van der Waals surface area contributed by atoms with Crippen molar-refractivity contribution in [2.24, 2.45) is 0 Å². The number of hydrogen-bond acceptors (Lipinski definition) is 3. The molecular weight excluding hydrogens is 362 g/mol. The molecule has 1 aromatic heterocycles. The van der Waals surface area contributed by atoms with E-state index in [0.717, 1.165) is 5.56 Å². The molecule has 0 atom stereocenters. The van der Waals surface area contributed by atoms with Crippen molar-refractivity contribution in [1.82, 2.24) is 4.98 Å². The lowest BCUT2D eigenvalue weighted by Crippen LogP contribution is -2.17. The van der Waals surface area contributed by atoms with Gasteiger partial charge in [0.25, 0.3) is 11.8 Å². The van der Waals surface area contributed by atoms with Crippen LogP contribution in [0, 0.1) is 6.92 Å². The van der Waals surface area contributed by atoms with Gasteiger partial charge in [-0.05, 0) is 59.9 Å². The average molecular weight is 387 g/mol. The fourth-order valence-electron chi connectivity index (χ4n) is 2.87. The summed E-state index contributed by atoms with van der Waals surface area (Å²) >= 11 is 0. The molecule has 0 saturated heterocycles. The van der Waals surface area contributed by atoms with Gasteiger partial charge in [0, 0.05) is 23.1 Å². The van der Waals surface area contributed by atoms with Crippen LogP contribution >= 0.6 is 0 Å². The van der Waals surface area contributed by atoms with Gasteiger partial charge < -0.3 is 10.6 Å². The summed E-state index contributed by atoms with van der Waals surface area (Å²) in [6.07, 6.45) is 1.46. The van der Waals surface area contributed by atoms with Crippen molar-refractivity contribution >= 4 is 23.2 Å². The molecule has 0 aliphatic carbocycles. The zero-order valence-electron chi connectivity index (χ0n) is 17.1. The largest absolute Gasteiger partial charge is 0.322 e. The van der Waals surface area contributed by atoms with Crippen LogP contribution in [-0.4, -0.2) is 16.8 Å². The number of pyridine rings is 1. The van der Waals surface area contributed by atoms with Crippen molar-refractivity contribution in [2.45, 2.75) is 33.1 Å². The Morgan fingerprint density at radius 2 is 1.52 bits per heavy atom. The predicted molar refractivity (Wildman–Crippen MR) is 116 cm³/mol. The van der Waals surface area contributed by atoms with Crippen LogP contribution in [0.15, 0.2) is 66.9 Å². The number of nitrogens with zero attached hydrogens (tertiary/aromatic N) is 1. The summed E-state index contributed by atoms with van der Waals surface area (Å²) in [5.41, 5.74) is 4.22. The van der Waals surface area contributed by atoms with Crippen molar-refractivity contribution in [3.05, 3.63) is 89.2 Å². The van der Waals surface area contributed by atoms with E-state index in [-0.39, 0.29) is 22.9 Å². The highest BCUT2D eigenvalue weighted by atomic mass is 16.2. The highest BCUT2D eigenvalue weighted by molar-refractivity contribution is 6.07.